The van der Waals surface area contributed by atoms with E-state index < -0.39 is 17.1 Å². The number of nitrogens with two attached hydrogens (primary N) is 1. The lowest BCUT2D eigenvalue weighted by molar-refractivity contribution is -0.385. The summed E-state index contributed by atoms with van der Waals surface area (Å²) in [4.78, 5) is 10.3. The standard InChI is InChI=1S/C12H18N2O4.ClH/c1-3-4-10(15)12(13)8-5-6-11(18-2)9(7-8)14(16)17;/h5-7,10,12,15H,3-4,13H2,1-2H3;1H/t10-,12+;/m0./s1. The molecule has 1 aromatic rings. The van der Waals surface area contributed by atoms with Crippen LogP contribution in [-0.2, 0) is 0 Å². The minimum atomic E-state index is -0.706. The van der Waals surface area contributed by atoms with Crippen molar-refractivity contribution >= 4 is 18.1 Å². The van der Waals surface area contributed by atoms with Crippen LogP contribution in [0.25, 0.3) is 0 Å². The molecule has 7 heteroatoms. The molecule has 0 aliphatic heterocycles. The summed E-state index contributed by atoms with van der Waals surface area (Å²) < 4.78 is 4.90. The molecule has 0 heterocycles. The van der Waals surface area contributed by atoms with E-state index in [1.165, 1.54) is 19.2 Å². The number of nitro benzene ring substituents is 1. The van der Waals surface area contributed by atoms with Crippen LogP contribution in [0.1, 0.15) is 31.4 Å². The summed E-state index contributed by atoms with van der Waals surface area (Å²) in [7, 11) is 1.37. The van der Waals surface area contributed by atoms with Crippen molar-refractivity contribution in [3.63, 3.8) is 0 Å². The van der Waals surface area contributed by atoms with Crippen molar-refractivity contribution in [2.75, 3.05) is 7.11 Å². The minimum Gasteiger partial charge on any atom is -0.490 e. The lowest BCUT2D eigenvalue weighted by Gasteiger charge is -2.18. The Morgan fingerprint density at radius 3 is 2.63 bits per heavy atom. The summed E-state index contributed by atoms with van der Waals surface area (Å²) in [5.74, 6) is 0.181. The number of aliphatic hydroxyl groups excluding tert-OH is 1. The van der Waals surface area contributed by atoms with Gasteiger partial charge in [-0.05, 0) is 18.1 Å². The number of hydrogen-bond donors (Lipinski definition) is 2. The zero-order valence-corrected chi connectivity index (χ0v) is 11.7. The molecular weight excluding hydrogens is 272 g/mol. The van der Waals surface area contributed by atoms with Gasteiger partial charge in [0.05, 0.1) is 24.2 Å². The molecule has 0 saturated heterocycles. The second-order valence-corrected chi connectivity index (χ2v) is 4.07. The van der Waals surface area contributed by atoms with Gasteiger partial charge in [-0.25, -0.2) is 0 Å². The maximum atomic E-state index is 10.9. The zero-order valence-electron chi connectivity index (χ0n) is 10.9. The smallest absolute Gasteiger partial charge is 0.311 e. The molecule has 108 valence electrons. The van der Waals surface area contributed by atoms with Gasteiger partial charge in [-0.15, -0.1) is 12.4 Å². The Morgan fingerprint density at radius 1 is 1.53 bits per heavy atom. The largest absolute Gasteiger partial charge is 0.490 e. The molecule has 0 aliphatic rings. The van der Waals surface area contributed by atoms with Gasteiger partial charge < -0.3 is 15.6 Å². The first kappa shape index (κ1) is 17.6. The van der Waals surface area contributed by atoms with Crippen LogP contribution in [0.3, 0.4) is 0 Å². The van der Waals surface area contributed by atoms with Gasteiger partial charge >= 0.3 is 5.69 Å². The molecule has 0 radical (unpaired) electrons. The fraction of sp³-hybridized carbons (Fsp3) is 0.500. The molecule has 3 N–H and O–H groups in total. The first-order valence-electron chi connectivity index (χ1n) is 5.77. The molecule has 0 spiro atoms. The van der Waals surface area contributed by atoms with Crippen molar-refractivity contribution in [2.24, 2.45) is 5.73 Å². The molecule has 2 atom stereocenters. The van der Waals surface area contributed by atoms with Crippen LogP contribution in [0.15, 0.2) is 18.2 Å². The SMILES string of the molecule is CCC[C@H](O)[C@H](N)c1ccc(OC)c([N+](=O)[O-])c1.Cl. The molecule has 0 aromatic heterocycles. The fourth-order valence-electron chi connectivity index (χ4n) is 1.75. The Balaban J connectivity index is 0.00000324. The molecule has 0 saturated carbocycles. The summed E-state index contributed by atoms with van der Waals surface area (Å²) in [6.07, 6.45) is 0.650. The van der Waals surface area contributed by atoms with Crippen molar-refractivity contribution in [2.45, 2.75) is 31.9 Å². The first-order chi connectivity index (χ1) is 8.51. The van der Waals surface area contributed by atoms with Crippen molar-refractivity contribution in [1.29, 1.82) is 0 Å². The van der Waals surface area contributed by atoms with Crippen LogP contribution in [0.5, 0.6) is 5.75 Å². The van der Waals surface area contributed by atoms with E-state index in [1.807, 2.05) is 6.92 Å². The number of rotatable bonds is 6. The van der Waals surface area contributed by atoms with Crippen molar-refractivity contribution in [1.82, 2.24) is 0 Å². The van der Waals surface area contributed by atoms with Gasteiger partial charge in [0.2, 0.25) is 0 Å². The number of benzene rings is 1. The van der Waals surface area contributed by atoms with E-state index in [2.05, 4.69) is 0 Å². The van der Waals surface area contributed by atoms with Crippen molar-refractivity contribution in [3.05, 3.63) is 33.9 Å². The Bertz CT molecular complexity index is 428. The fourth-order valence-corrected chi connectivity index (χ4v) is 1.75. The first-order valence-corrected chi connectivity index (χ1v) is 5.77. The highest BCUT2D eigenvalue weighted by molar-refractivity contribution is 5.85. The molecule has 6 nitrogen and oxygen atoms in total. The van der Waals surface area contributed by atoms with Crippen LogP contribution >= 0.6 is 12.4 Å². The third-order valence-corrected chi connectivity index (χ3v) is 2.78. The van der Waals surface area contributed by atoms with Crippen LogP contribution < -0.4 is 10.5 Å². The zero-order chi connectivity index (χ0) is 13.7. The Kier molecular flexibility index (Phi) is 7.36. The predicted molar refractivity (Wildman–Crippen MR) is 74.7 cm³/mol. The molecule has 0 fully saturated rings. The van der Waals surface area contributed by atoms with Gasteiger partial charge in [-0.1, -0.05) is 19.4 Å². The third-order valence-electron chi connectivity index (χ3n) is 2.78. The van der Waals surface area contributed by atoms with Gasteiger partial charge in [0, 0.05) is 6.07 Å². The van der Waals surface area contributed by atoms with Crippen molar-refractivity contribution < 1.29 is 14.8 Å². The number of halogens is 1. The molecule has 0 unspecified atom stereocenters. The predicted octanol–water partition coefficient (Wildman–Crippen LogP) is 2.19. The summed E-state index contributed by atoms with van der Waals surface area (Å²) >= 11 is 0. The molecule has 0 amide bonds. The van der Waals surface area contributed by atoms with Gasteiger partial charge in [0.15, 0.2) is 5.75 Å². The second-order valence-electron chi connectivity index (χ2n) is 4.07. The quantitative estimate of drug-likeness (QED) is 0.618. The van der Waals surface area contributed by atoms with E-state index in [4.69, 9.17) is 10.5 Å². The Labute approximate surface area is 118 Å². The number of methoxy groups -OCH3 is 1. The number of nitrogens with zero attached hydrogens (tertiary/aromatic N) is 1. The van der Waals surface area contributed by atoms with Crippen LogP contribution in [0, 0.1) is 10.1 Å². The van der Waals surface area contributed by atoms with E-state index in [0.717, 1.165) is 6.42 Å². The number of aliphatic hydroxyl groups is 1. The third kappa shape index (κ3) is 4.34. The van der Waals surface area contributed by atoms with E-state index >= 15 is 0 Å². The second kappa shape index (κ2) is 7.93. The highest BCUT2D eigenvalue weighted by Crippen LogP contribution is 2.30. The maximum Gasteiger partial charge on any atom is 0.311 e. The van der Waals surface area contributed by atoms with Gasteiger partial charge in [0.25, 0.3) is 0 Å². The highest BCUT2D eigenvalue weighted by atomic mass is 35.5. The lowest BCUT2D eigenvalue weighted by Crippen LogP contribution is -2.26. The topological polar surface area (TPSA) is 98.6 Å². The highest BCUT2D eigenvalue weighted by Gasteiger charge is 2.21. The summed E-state index contributed by atoms with van der Waals surface area (Å²) in [5, 5.41) is 20.7. The Morgan fingerprint density at radius 2 is 2.16 bits per heavy atom. The van der Waals surface area contributed by atoms with Crippen LogP contribution in [0.2, 0.25) is 0 Å². The number of ether oxygens (including phenoxy) is 1. The normalized spacial score (nSPS) is 13.3. The van der Waals surface area contributed by atoms with Gasteiger partial charge in [0.1, 0.15) is 0 Å². The molecule has 0 bridgehead atoms. The molecular formula is C12H19ClN2O4. The minimum absolute atomic E-state index is 0. The maximum absolute atomic E-state index is 10.9. The molecule has 1 rings (SSSR count). The number of nitro groups is 1. The molecule has 1 aromatic carbocycles. The summed E-state index contributed by atoms with van der Waals surface area (Å²) in [5.41, 5.74) is 6.26. The van der Waals surface area contributed by atoms with Gasteiger partial charge in [-0.3, -0.25) is 10.1 Å². The molecule has 0 aliphatic carbocycles. The van der Waals surface area contributed by atoms with Crippen molar-refractivity contribution in [3.8, 4) is 5.75 Å². The van der Waals surface area contributed by atoms with E-state index in [0.29, 0.717) is 12.0 Å². The monoisotopic (exact) mass is 290 g/mol. The van der Waals surface area contributed by atoms with Crippen LogP contribution in [-0.4, -0.2) is 23.2 Å². The molecule has 19 heavy (non-hydrogen) atoms. The van der Waals surface area contributed by atoms with E-state index in [9.17, 15) is 15.2 Å². The Hall–Kier alpha value is -1.37. The average molecular weight is 291 g/mol. The van der Waals surface area contributed by atoms with Gasteiger partial charge in [-0.2, -0.15) is 0 Å². The number of hydrogen-bond acceptors (Lipinski definition) is 5. The average Bonchev–Trinajstić information content (AvgIpc) is 2.37. The van der Waals surface area contributed by atoms with E-state index in [-0.39, 0.29) is 23.8 Å². The van der Waals surface area contributed by atoms with Crippen LogP contribution in [0.4, 0.5) is 5.69 Å². The lowest BCUT2D eigenvalue weighted by atomic mass is 9.98. The van der Waals surface area contributed by atoms with E-state index in [1.54, 1.807) is 6.07 Å². The summed E-state index contributed by atoms with van der Waals surface area (Å²) in [6, 6.07) is 3.85. The summed E-state index contributed by atoms with van der Waals surface area (Å²) in [6.45, 7) is 1.94.